The predicted octanol–water partition coefficient (Wildman–Crippen LogP) is 1.04. The Morgan fingerprint density at radius 3 is 1.30 bits per heavy atom. The number of ether oxygens (including phenoxy) is 3. The van der Waals surface area contributed by atoms with Crippen LogP contribution in [0.15, 0.2) is 12.1 Å². The molecule has 160 valence electrons. The lowest BCUT2D eigenvalue weighted by atomic mass is 10.1. The van der Waals surface area contributed by atoms with Crippen LogP contribution in [0, 0.1) is 0 Å². The highest BCUT2D eigenvalue weighted by Crippen LogP contribution is 2.40. The summed E-state index contributed by atoms with van der Waals surface area (Å²) >= 11 is 0. The molecule has 11 nitrogen and oxygen atoms in total. The fourth-order valence-corrected chi connectivity index (χ4v) is 2.03. The Hall–Kier alpha value is -3.89. The van der Waals surface area contributed by atoms with E-state index in [-0.39, 0.29) is 0 Å². The molecule has 0 bridgehead atoms. The average Bonchev–Trinajstić information content (AvgIpc) is 2.54. The van der Waals surface area contributed by atoms with Gasteiger partial charge in [0.2, 0.25) is 5.75 Å². The van der Waals surface area contributed by atoms with E-state index in [1.807, 2.05) is 0 Å². The molecular formula is C19H18O11. The van der Waals surface area contributed by atoms with Crippen LogP contribution in [0.25, 0.3) is 0 Å². The number of ketones is 3. The topological polar surface area (TPSA) is 167 Å². The van der Waals surface area contributed by atoms with E-state index >= 15 is 0 Å². The highest BCUT2D eigenvalue weighted by molar-refractivity contribution is 5.98. The summed E-state index contributed by atoms with van der Waals surface area (Å²) in [5.41, 5.74) is -0.516. The number of benzene rings is 1. The second kappa shape index (κ2) is 10.6. The Bertz CT molecular complexity index is 875. The van der Waals surface area contributed by atoms with Crippen LogP contribution in [0.4, 0.5) is 0 Å². The molecule has 1 rings (SSSR count). The van der Waals surface area contributed by atoms with Crippen molar-refractivity contribution in [2.75, 3.05) is 0 Å². The number of rotatable bonds is 10. The molecule has 0 aliphatic heterocycles. The van der Waals surface area contributed by atoms with Crippen molar-refractivity contribution >= 4 is 41.2 Å². The highest BCUT2D eigenvalue weighted by Gasteiger charge is 2.25. The molecule has 1 aromatic carbocycles. The maximum atomic E-state index is 11.9. The second-order valence-corrected chi connectivity index (χ2v) is 6.17. The van der Waals surface area contributed by atoms with E-state index < -0.39 is 83.3 Å². The van der Waals surface area contributed by atoms with Gasteiger partial charge in [0.25, 0.3) is 0 Å². The zero-order chi connectivity index (χ0) is 23.0. The van der Waals surface area contributed by atoms with Gasteiger partial charge in [-0.25, -0.2) is 4.79 Å². The Balaban J connectivity index is 3.49. The molecule has 0 aliphatic carbocycles. The van der Waals surface area contributed by atoms with E-state index in [1.165, 1.54) is 0 Å². The minimum atomic E-state index is -1.51. The van der Waals surface area contributed by atoms with Crippen LogP contribution in [0.5, 0.6) is 17.2 Å². The highest BCUT2D eigenvalue weighted by atomic mass is 16.6. The van der Waals surface area contributed by atoms with Gasteiger partial charge in [0.05, 0.1) is 5.56 Å². The lowest BCUT2D eigenvalue weighted by Gasteiger charge is -2.15. The van der Waals surface area contributed by atoms with Crippen molar-refractivity contribution in [1.29, 1.82) is 0 Å². The first kappa shape index (κ1) is 24.1. The zero-order valence-electron chi connectivity index (χ0n) is 16.3. The molecular weight excluding hydrogens is 404 g/mol. The summed E-state index contributed by atoms with van der Waals surface area (Å²) in [5.74, 6) is -8.44. The largest absolute Gasteiger partial charge is 0.478 e. The van der Waals surface area contributed by atoms with Gasteiger partial charge in [-0.05, 0) is 32.9 Å². The zero-order valence-corrected chi connectivity index (χ0v) is 16.3. The van der Waals surface area contributed by atoms with E-state index in [0.29, 0.717) is 0 Å². The molecule has 0 radical (unpaired) electrons. The molecule has 0 spiro atoms. The maximum absolute atomic E-state index is 11.9. The molecule has 1 N–H and O–H groups in total. The Kier molecular flexibility index (Phi) is 8.53. The van der Waals surface area contributed by atoms with Crippen LogP contribution >= 0.6 is 0 Å². The molecule has 0 atom stereocenters. The van der Waals surface area contributed by atoms with Gasteiger partial charge in [-0.15, -0.1) is 0 Å². The maximum Gasteiger partial charge on any atom is 0.335 e. The Morgan fingerprint density at radius 1 is 0.667 bits per heavy atom. The average molecular weight is 422 g/mol. The molecule has 0 aromatic heterocycles. The van der Waals surface area contributed by atoms with Crippen molar-refractivity contribution in [1.82, 2.24) is 0 Å². The van der Waals surface area contributed by atoms with Crippen molar-refractivity contribution in [2.45, 2.75) is 40.0 Å². The van der Waals surface area contributed by atoms with E-state index in [2.05, 4.69) is 0 Å². The van der Waals surface area contributed by atoms with Crippen LogP contribution in [-0.2, 0) is 28.8 Å². The minimum absolute atomic E-state index is 0.516. The van der Waals surface area contributed by atoms with Crippen molar-refractivity contribution in [3.63, 3.8) is 0 Å². The Morgan fingerprint density at radius 2 is 1.00 bits per heavy atom. The minimum Gasteiger partial charge on any atom is -0.478 e. The number of carbonyl (C=O) groups excluding carboxylic acids is 6. The predicted molar refractivity (Wildman–Crippen MR) is 96.2 cm³/mol. The molecule has 0 saturated carbocycles. The number of aromatic carboxylic acids is 1. The summed E-state index contributed by atoms with van der Waals surface area (Å²) < 4.78 is 14.8. The van der Waals surface area contributed by atoms with Gasteiger partial charge < -0.3 is 19.3 Å². The third-order valence-corrected chi connectivity index (χ3v) is 3.11. The van der Waals surface area contributed by atoms with Gasteiger partial charge >= 0.3 is 23.9 Å². The van der Waals surface area contributed by atoms with E-state index in [0.717, 1.165) is 32.9 Å². The first-order valence-electron chi connectivity index (χ1n) is 8.40. The number of Topliss-reactive ketones (excluding diaryl/α,β-unsaturated/α-hetero) is 3. The lowest BCUT2D eigenvalue weighted by molar-refractivity contribution is -0.141. The number of hydrogen-bond acceptors (Lipinski definition) is 10. The fraction of sp³-hybridized carbons (Fsp3) is 0.316. The summed E-state index contributed by atoms with van der Waals surface area (Å²) in [4.78, 5) is 80.3. The normalized spacial score (nSPS) is 9.97. The number of esters is 3. The number of hydrogen-bond donors (Lipinski definition) is 1. The van der Waals surface area contributed by atoms with E-state index in [1.54, 1.807) is 0 Å². The van der Waals surface area contributed by atoms with Gasteiger partial charge in [0.15, 0.2) is 11.5 Å². The third kappa shape index (κ3) is 8.00. The molecule has 0 aliphatic rings. The molecule has 0 saturated heterocycles. The number of carboxylic acids is 1. The number of carboxylic acid groups (broad SMARTS) is 1. The van der Waals surface area contributed by atoms with Crippen LogP contribution < -0.4 is 14.2 Å². The standard InChI is InChI=1S/C19H18O11/c1-9(20)4-15(23)28-13-7-12(19(26)27)8-14(29-16(24)5-10(2)21)18(13)30-17(25)6-11(3)22/h7-8H,4-6H2,1-3H3,(H,26,27). The van der Waals surface area contributed by atoms with E-state index in [9.17, 15) is 38.7 Å². The molecule has 0 heterocycles. The van der Waals surface area contributed by atoms with Crippen molar-refractivity contribution in [2.24, 2.45) is 0 Å². The van der Waals surface area contributed by atoms with Crippen molar-refractivity contribution < 1.29 is 52.9 Å². The smallest absolute Gasteiger partial charge is 0.335 e. The first-order valence-corrected chi connectivity index (χ1v) is 8.40. The van der Waals surface area contributed by atoms with Crippen LogP contribution in [0.1, 0.15) is 50.4 Å². The summed E-state index contributed by atoms with van der Waals surface area (Å²) in [5, 5.41) is 9.24. The van der Waals surface area contributed by atoms with Gasteiger partial charge in [0.1, 0.15) is 36.6 Å². The fourth-order valence-electron chi connectivity index (χ4n) is 2.03. The molecule has 0 amide bonds. The summed E-state index contributed by atoms with van der Waals surface area (Å²) in [7, 11) is 0. The molecule has 0 fully saturated rings. The van der Waals surface area contributed by atoms with Crippen molar-refractivity contribution in [3.05, 3.63) is 17.7 Å². The third-order valence-electron chi connectivity index (χ3n) is 3.11. The molecule has 1 aromatic rings. The number of carbonyl (C=O) groups is 7. The van der Waals surface area contributed by atoms with Gasteiger partial charge in [-0.1, -0.05) is 0 Å². The summed E-state index contributed by atoms with van der Waals surface area (Å²) in [6.07, 6.45) is -2.02. The second-order valence-electron chi connectivity index (χ2n) is 6.17. The molecule has 11 heteroatoms. The first-order chi connectivity index (χ1) is 13.9. The summed E-state index contributed by atoms with van der Waals surface area (Å²) in [6.45, 7) is 3.33. The monoisotopic (exact) mass is 422 g/mol. The van der Waals surface area contributed by atoms with Crippen LogP contribution in [0.3, 0.4) is 0 Å². The van der Waals surface area contributed by atoms with Gasteiger partial charge in [0, 0.05) is 0 Å². The van der Waals surface area contributed by atoms with Crippen LogP contribution in [-0.4, -0.2) is 46.3 Å². The van der Waals surface area contributed by atoms with Gasteiger partial charge in [-0.2, -0.15) is 0 Å². The Labute approximate surface area is 169 Å². The molecule has 30 heavy (non-hydrogen) atoms. The lowest BCUT2D eigenvalue weighted by Crippen LogP contribution is -2.18. The summed E-state index contributed by atoms with van der Waals surface area (Å²) in [6, 6.07) is 1.61. The SMILES string of the molecule is CC(=O)CC(=O)Oc1cc(C(=O)O)cc(OC(=O)CC(C)=O)c1OC(=O)CC(C)=O. The molecule has 0 unspecified atom stereocenters. The quantitative estimate of drug-likeness (QED) is 0.325. The van der Waals surface area contributed by atoms with Crippen molar-refractivity contribution in [3.8, 4) is 17.2 Å². The van der Waals surface area contributed by atoms with Gasteiger partial charge in [-0.3, -0.25) is 28.8 Å². The van der Waals surface area contributed by atoms with Crippen LogP contribution in [0.2, 0.25) is 0 Å². The van der Waals surface area contributed by atoms with E-state index in [4.69, 9.17) is 14.2 Å².